The van der Waals surface area contributed by atoms with Gasteiger partial charge in [-0.05, 0) is 56.1 Å². The van der Waals surface area contributed by atoms with Crippen molar-refractivity contribution in [3.63, 3.8) is 0 Å². The second-order valence-electron chi connectivity index (χ2n) is 5.14. The third-order valence-electron chi connectivity index (χ3n) is 3.98. The molecule has 0 radical (unpaired) electrons. The molecule has 0 aliphatic heterocycles. The van der Waals surface area contributed by atoms with Gasteiger partial charge in [0.1, 0.15) is 0 Å². The predicted molar refractivity (Wildman–Crippen MR) is 89.1 cm³/mol. The summed E-state index contributed by atoms with van der Waals surface area (Å²) in [5.74, 6) is 0. The predicted octanol–water partition coefficient (Wildman–Crippen LogP) is 5.79. The van der Waals surface area contributed by atoms with Crippen molar-refractivity contribution in [3.05, 3.63) is 78.9 Å². The van der Waals surface area contributed by atoms with Crippen LogP contribution in [-0.4, -0.2) is 0 Å². The highest BCUT2D eigenvalue weighted by Crippen LogP contribution is 2.32. The van der Waals surface area contributed by atoms with Crippen molar-refractivity contribution in [2.75, 3.05) is 0 Å². The standard InChI is InChI=1S/C20H14/c1-2-14-11-17-12-15-7-3-4-8-16(15)13-20(17)19-10-6-5-9-18(14)19/h2-13H,1H2. The lowest BCUT2D eigenvalue weighted by molar-refractivity contribution is 1.75. The van der Waals surface area contributed by atoms with E-state index in [4.69, 9.17) is 0 Å². The van der Waals surface area contributed by atoms with Gasteiger partial charge in [-0.2, -0.15) is 0 Å². The Kier molecular flexibility index (Phi) is 2.37. The first-order valence-corrected chi connectivity index (χ1v) is 6.83. The van der Waals surface area contributed by atoms with E-state index < -0.39 is 0 Å². The summed E-state index contributed by atoms with van der Waals surface area (Å²) in [5.41, 5.74) is 1.20. The fourth-order valence-corrected chi connectivity index (χ4v) is 2.99. The third-order valence-corrected chi connectivity index (χ3v) is 3.98. The van der Waals surface area contributed by atoms with E-state index >= 15 is 0 Å². The molecule has 0 saturated heterocycles. The Morgan fingerprint density at radius 3 is 2.00 bits per heavy atom. The molecular formula is C20H14. The van der Waals surface area contributed by atoms with Gasteiger partial charge in [-0.25, -0.2) is 0 Å². The van der Waals surface area contributed by atoms with Crippen molar-refractivity contribution < 1.29 is 0 Å². The molecule has 4 aromatic rings. The topological polar surface area (TPSA) is 0 Å². The first-order valence-electron chi connectivity index (χ1n) is 6.83. The molecule has 0 unspecified atom stereocenters. The summed E-state index contributed by atoms with van der Waals surface area (Å²) in [6, 6.07) is 23.9. The zero-order valence-corrected chi connectivity index (χ0v) is 11.1. The monoisotopic (exact) mass is 254 g/mol. The lowest BCUT2D eigenvalue weighted by Gasteiger charge is -2.09. The van der Waals surface area contributed by atoms with Crippen LogP contribution >= 0.6 is 0 Å². The molecule has 0 heterocycles. The van der Waals surface area contributed by atoms with E-state index in [1.54, 1.807) is 0 Å². The maximum atomic E-state index is 3.95. The number of rotatable bonds is 1. The lowest BCUT2D eigenvalue weighted by Crippen LogP contribution is -1.83. The summed E-state index contributed by atoms with van der Waals surface area (Å²) < 4.78 is 0. The normalized spacial score (nSPS) is 11.2. The summed E-state index contributed by atoms with van der Waals surface area (Å²) in [4.78, 5) is 0. The van der Waals surface area contributed by atoms with E-state index in [9.17, 15) is 0 Å². The minimum absolute atomic E-state index is 1.20. The van der Waals surface area contributed by atoms with Crippen LogP contribution in [0.3, 0.4) is 0 Å². The smallest absolute Gasteiger partial charge is 0.00986 e. The van der Waals surface area contributed by atoms with Crippen molar-refractivity contribution in [2.24, 2.45) is 0 Å². The number of hydrogen-bond acceptors (Lipinski definition) is 0. The zero-order chi connectivity index (χ0) is 13.5. The van der Waals surface area contributed by atoms with E-state index in [1.165, 1.54) is 37.9 Å². The lowest BCUT2D eigenvalue weighted by atomic mass is 9.95. The van der Waals surface area contributed by atoms with Crippen LogP contribution in [0.1, 0.15) is 5.56 Å². The molecule has 0 spiro atoms. The van der Waals surface area contributed by atoms with Gasteiger partial charge in [0.25, 0.3) is 0 Å². The second-order valence-corrected chi connectivity index (χ2v) is 5.14. The average molecular weight is 254 g/mol. The van der Waals surface area contributed by atoms with Crippen LogP contribution in [0.25, 0.3) is 38.4 Å². The maximum absolute atomic E-state index is 3.95. The highest BCUT2D eigenvalue weighted by molar-refractivity contribution is 6.14. The van der Waals surface area contributed by atoms with Crippen LogP contribution in [-0.2, 0) is 0 Å². The number of fused-ring (bicyclic) bond motifs is 4. The van der Waals surface area contributed by atoms with Crippen molar-refractivity contribution >= 4 is 38.4 Å². The number of benzene rings is 4. The SMILES string of the molecule is C=Cc1cc2cc3ccccc3cc2c2ccccc12. The molecule has 4 aromatic carbocycles. The minimum Gasteiger partial charge on any atom is -0.0984 e. The average Bonchev–Trinajstić information content (AvgIpc) is 2.52. The minimum atomic E-state index is 1.20. The molecule has 0 aliphatic carbocycles. The van der Waals surface area contributed by atoms with Crippen molar-refractivity contribution in [3.8, 4) is 0 Å². The Balaban J connectivity index is 2.28. The first-order chi connectivity index (χ1) is 9.86. The molecule has 0 aromatic heterocycles. The Hall–Kier alpha value is -2.60. The van der Waals surface area contributed by atoms with Gasteiger partial charge in [0.05, 0.1) is 0 Å². The van der Waals surface area contributed by atoms with Crippen LogP contribution in [0.4, 0.5) is 0 Å². The Morgan fingerprint density at radius 1 is 0.600 bits per heavy atom. The summed E-state index contributed by atoms with van der Waals surface area (Å²) in [6.07, 6.45) is 1.94. The quantitative estimate of drug-likeness (QED) is 0.298. The van der Waals surface area contributed by atoms with E-state index in [2.05, 4.69) is 73.3 Å². The van der Waals surface area contributed by atoms with Crippen molar-refractivity contribution in [2.45, 2.75) is 0 Å². The van der Waals surface area contributed by atoms with Crippen LogP contribution in [0.2, 0.25) is 0 Å². The van der Waals surface area contributed by atoms with Gasteiger partial charge in [0, 0.05) is 0 Å². The molecule has 0 heteroatoms. The maximum Gasteiger partial charge on any atom is -0.00986 e. The third kappa shape index (κ3) is 1.55. The molecular weight excluding hydrogens is 240 g/mol. The van der Waals surface area contributed by atoms with Crippen molar-refractivity contribution in [1.82, 2.24) is 0 Å². The van der Waals surface area contributed by atoms with Gasteiger partial charge in [-0.3, -0.25) is 0 Å². The fraction of sp³-hybridized carbons (Fsp3) is 0. The van der Waals surface area contributed by atoms with Crippen LogP contribution < -0.4 is 0 Å². The molecule has 0 nitrogen and oxygen atoms in total. The Bertz CT molecular complexity index is 961. The van der Waals surface area contributed by atoms with Gasteiger partial charge in [-0.15, -0.1) is 0 Å². The molecule has 0 fully saturated rings. The molecule has 0 atom stereocenters. The first kappa shape index (κ1) is 11.2. The molecule has 0 aliphatic rings. The van der Waals surface area contributed by atoms with Crippen molar-refractivity contribution in [1.29, 1.82) is 0 Å². The Morgan fingerprint density at radius 2 is 1.25 bits per heavy atom. The molecule has 20 heavy (non-hydrogen) atoms. The van der Waals surface area contributed by atoms with Gasteiger partial charge in [0.2, 0.25) is 0 Å². The van der Waals surface area contributed by atoms with Crippen LogP contribution in [0, 0.1) is 0 Å². The zero-order valence-electron chi connectivity index (χ0n) is 11.1. The highest BCUT2D eigenvalue weighted by Gasteiger charge is 2.05. The highest BCUT2D eigenvalue weighted by atomic mass is 14.1. The summed E-state index contributed by atoms with van der Waals surface area (Å²) in [5, 5.41) is 7.72. The largest absolute Gasteiger partial charge is 0.0984 e. The van der Waals surface area contributed by atoms with Gasteiger partial charge in [-0.1, -0.05) is 61.2 Å². The summed E-state index contributed by atoms with van der Waals surface area (Å²) in [6.45, 7) is 3.95. The van der Waals surface area contributed by atoms with E-state index in [0.717, 1.165) is 0 Å². The molecule has 94 valence electrons. The van der Waals surface area contributed by atoms with Crippen LogP contribution in [0.5, 0.6) is 0 Å². The second kappa shape index (κ2) is 4.21. The van der Waals surface area contributed by atoms with E-state index in [1.807, 2.05) is 6.08 Å². The van der Waals surface area contributed by atoms with Gasteiger partial charge < -0.3 is 0 Å². The molecule has 0 amide bonds. The number of hydrogen-bond donors (Lipinski definition) is 0. The van der Waals surface area contributed by atoms with Gasteiger partial charge >= 0.3 is 0 Å². The molecule has 0 bridgehead atoms. The summed E-state index contributed by atoms with van der Waals surface area (Å²) >= 11 is 0. The Labute approximate surface area is 118 Å². The van der Waals surface area contributed by atoms with Gasteiger partial charge in [0.15, 0.2) is 0 Å². The molecule has 0 N–H and O–H groups in total. The van der Waals surface area contributed by atoms with E-state index in [-0.39, 0.29) is 0 Å². The van der Waals surface area contributed by atoms with Crippen LogP contribution in [0.15, 0.2) is 73.3 Å². The van der Waals surface area contributed by atoms with E-state index in [0.29, 0.717) is 0 Å². The fourth-order valence-electron chi connectivity index (χ4n) is 2.99. The summed E-state index contributed by atoms with van der Waals surface area (Å²) in [7, 11) is 0. The molecule has 4 rings (SSSR count). The molecule has 0 saturated carbocycles.